The van der Waals surface area contributed by atoms with Crippen LogP contribution in [0.4, 0.5) is 22.7 Å². The van der Waals surface area contributed by atoms with E-state index in [-0.39, 0.29) is 43.6 Å². The second-order valence-electron chi connectivity index (χ2n) is 30.6. The Morgan fingerprint density at radius 1 is 0.250 bits per heavy atom. The Morgan fingerprint density at radius 2 is 0.534 bits per heavy atom. The van der Waals surface area contributed by atoms with Crippen LogP contribution in [0.15, 0.2) is 243 Å². The van der Waals surface area contributed by atoms with Crippen LogP contribution < -0.4 is 9.80 Å². The molecule has 2 heterocycles. The van der Waals surface area contributed by atoms with Crippen molar-refractivity contribution in [3.8, 4) is 66.8 Å². The highest BCUT2D eigenvalue weighted by atomic mass is 15.3. The van der Waals surface area contributed by atoms with Crippen molar-refractivity contribution in [3.05, 3.63) is 254 Å². The highest BCUT2D eigenvalue weighted by Crippen LogP contribution is 2.72. The molecule has 2 heteroatoms. The second-order valence-corrected chi connectivity index (χ2v) is 30.6. The van der Waals surface area contributed by atoms with Crippen molar-refractivity contribution in [2.24, 2.45) is 21.7 Å². The summed E-state index contributed by atoms with van der Waals surface area (Å²) in [6, 6.07) is 92.6. The van der Waals surface area contributed by atoms with E-state index >= 15 is 0 Å². The van der Waals surface area contributed by atoms with E-state index in [1.807, 2.05) is 0 Å². The number of hydrogen-bond acceptors (Lipinski definition) is 2. The lowest BCUT2D eigenvalue weighted by atomic mass is 9.45. The molecule has 11 aromatic carbocycles. The first-order valence-corrected chi connectivity index (χ1v) is 32.4. The summed E-state index contributed by atoms with van der Waals surface area (Å²) in [5.41, 5.74) is 22.6. The third-order valence-electron chi connectivity index (χ3n) is 23.3. The van der Waals surface area contributed by atoms with Crippen molar-refractivity contribution in [1.82, 2.24) is 0 Å². The molecule has 0 amide bonds. The number of rotatable bonds is 8. The van der Waals surface area contributed by atoms with Crippen molar-refractivity contribution in [3.63, 3.8) is 0 Å². The molecule has 0 bridgehead atoms. The van der Waals surface area contributed by atoms with Crippen LogP contribution in [0.1, 0.15) is 120 Å². The van der Waals surface area contributed by atoms with Gasteiger partial charge in [0.1, 0.15) is 0 Å². The topological polar surface area (TPSA) is 6.48 Å². The van der Waals surface area contributed by atoms with Crippen LogP contribution in [0.5, 0.6) is 0 Å². The summed E-state index contributed by atoms with van der Waals surface area (Å²) in [6.45, 7) is 30.5. The minimum atomic E-state index is -0.156. The fourth-order valence-electron chi connectivity index (χ4n) is 19.7. The van der Waals surface area contributed by atoms with Gasteiger partial charge in [-0.3, -0.25) is 0 Å². The number of hydrogen-bond donors (Lipinski definition) is 0. The first-order valence-electron chi connectivity index (χ1n) is 32.4. The molecule has 0 aromatic heterocycles. The summed E-state index contributed by atoms with van der Waals surface area (Å²) in [6.07, 6.45) is 4.50. The van der Waals surface area contributed by atoms with E-state index in [1.54, 1.807) is 0 Å². The molecule has 2 saturated carbocycles. The lowest BCUT2D eigenvalue weighted by Gasteiger charge is -2.62. The monoisotopic (exact) mass is 1140 g/mol. The minimum Gasteiger partial charge on any atom is -0.334 e. The molecule has 2 aliphatic carbocycles. The van der Waals surface area contributed by atoms with Gasteiger partial charge in [0.2, 0.25) is 0 Å². The second kappa shape index (κ2) is 19.5. The van der Waals surface area contributed by atoms with Gasteiger partial charge in [-0.05, 0) is 221 Å². The fraction of sp³-hybridized carbons (Fsp3) is 0.279. The van der Waals surface area contributed by atoms with Crippen LogP contribution in [-0.4, -0.2) is 11.1 Å². The molecule has 0 N–H and O–H groups in total. The first-order chi connectivity index (χ1) is 42.0. The van der Waals surface area contributed by atoms with Crippen LogP contribution in [0.2, 0.25) is 0 Å². The van der Waals surface area contributed by atoms with E-state index in [9.17, 15) is 0 Å². The summed E-state index contributed by atoms with van der Waals surface area (Å²) in [7, 11) is 0. The average molecular weight is 1150 g/mol. The Balaban J connectivity index is 0.968. The van der Waals surface area contributed by atoms with Gasteiger partial charge < -0.3 is 9.80 Å². The van der Waals surface area contributed by atoms with Gasteiger partial charge in [0.25, 0.3) is 0 Å². The highest BCUT2D eigenvalue weighted by molar-refractivity contribution is 6.22. The zero-order valence-corrected chi connectivity index (χ0v) is 53.8. The van der Waals surface area contributed by atoms with Gasteiger partial charge >= 0.3 is 0 Å². The molecule has 2 nitrogen and oxygen atoms in total. The maximum absolute atomic E-state index is 2.72. The zero-order valence-electron chi connectivity index (χ0n) is 53.8. The quantitative estimate of drug-likeness (QED) is 0.140. The van der Waals surface area contributed by atoms with Crippen LogP contribution in [0.25, 0.3) is 88.3 Å². The Labute approximate surface area is 524 Å². The lowest BCUT2D eigenvalue weighted by Crippen LogP contribution is -2.65. The number of para-hydroxylation sites is 2. The zero-order chi connectivity index (χ0) is 61.0. The van der Waals surface area contributed by atoms with E-state index in [0.717, 1.165) is 25.7 Å². The van der Waals surface area contributed by atoms with Crippen molar-refractivity contribution in [2.45, 2.75) is 131 Å². The predicted octanol–water partition coefficient (Wildman–Crippen LogP) is 24.0. The van der Waals surface area contributed by atoms with Gasteiger partial charge in [-0.2, -0.15) is 0 Å². The largest absolute Gasteiger partial charge is 0.334 e. The summed E-state index contributed by atoms with van der Waals surface area (Å²) in [4.78, 5) is 5.44. The number of nitrogens with zero attached hydrogens (tertiary/aromatic N) is 2. The summed E-state index contributed by atoms with van der Waals surface area (Å²) >= 11 is 0. The van der Waals surface area contributed by atoms with Crippen molar-refractivity contribution >= 4 is 44.3 Å². The summed E-state index contributed by atoms with van der Waals surface area (Å²) in [5.74, 6) is 0. The van der Waals surface area contributed by atoms with Crippen molar-refractivity contribution in [2.75, 3.05) is 9.80 Å². The van der Waals surface area contributed by atoms with Crippen LogP contribution in [0.3, 0.4) is 0 Å². The van der Waals surface area contributed by atoms with Crippen molar-refractivity contribution < 1.29 is 0 Å². The van der Waals surface area contributed by atoms with Gasteiger partial charge in [0.15, 0.2) is 0 Å². The van der Waals surface area contributed by atoms with E-state index in [1.165, 1.54) is 122 Å². The van der Waals surface area contributed by atoms with Crippen molar-refractivity contribution in [1.29, 1.82) is 0 Å². The molecule has 0 spiro atoms. The lowest BCUT2D eigenvalue weighted by molar-refractivity contribution is -0.0239. The maximum Gasteiger partial charge on any atom is 0.0528 e. The average Bonchev–Trinajstić information content (AvgIpc) is 1.53. The van der Waals surface area contributed by atoms with Crippen LogP contribution >= 0.6 is 0 Å². The summed E-state index contributed by atoms with van der Waals surface area (Å²) in [5, 5.41) is 5.00. The van der Waals surface area contributed by atoms with Gasteiger partial charge in [0, 0.05) is 33.6 Å². The summed E-state index contributed by atoms with van der Waals surface area (Å²) < 4.78 is 0. The molecular formula is C86H84N2. The molecule has 0 saturated heterocycles. The van der Waals surface area contributed by atoms with Gasteiger partial charge in [-0.15, -0.1) is 0 Å². The number of fused-ring (bicyclic) bond motifs is 8. The standard InChI is InChI=1S/C86H84N2/c1-79(2)53-81(5,6)85(11)73-51-65(43-47-75(73)87(83(85,9)55-79)67-29-21-15-22-30-67)63-41-45-69-71(49-63)77(61-37-33-59(34-38-61)57-25-17-13-18-26-57)70-46-42-64(50-72(70)78(69)62-39-35-60(36-40-62)58-27-19-14-20-28-58)66-44-48-76-74(52-66)86(12)82(7,8)54-80(3,4)56-84(86,10)88(76)68-31-23-16-24-32-68/h13-52H,53-56H2,1-12H3. The molecule has 4 unspecified atom stereocenters. The normalized spacial score (nSPS) is 23.5. The molecule has 2 aliphatic heterocycles. The van der Waals surface area contributed by atoms with E-state index in [0.29, 0.717) is 0 Å². The third-order valence-corrected chi connectivity index (χ3v) is 23.3. The Hall–Kier alpha value is -8.46. The molecule has 0 radical (unpaired) electrons. The predicted molar refractivity (Wildman–Crippen MR) is 376 cm³/mol. The molecule has 4 atom stereocenters. The van der Waals surface area contributed by atoms with E-state index < -0.39 is 0 Å². The number of benzene rings is 11. The molecule has 88 heavy (non-hydrogen) atoms. The Morgan fingerprint density at radius 3 is 0.886 bits per heavy atom. The molecular weight excluding hydrogens is 1060 g/mol. The molecule has 15 rings (SSSR count). The van der Waals surface area contributed by atoms with Crippen LogP contribution in [-0.2, 0) is 10.8 Å². The molecule has 2 fully saturated rings. The maximum atomic E-state index is 2.72. The first kappa shape index (κ1) is 56.1. The van der Waals surface area contributed by atoms with Crippen LogP contribution in [0, 0.1) is 21.7 Å². The molecule has 438 valence electrons. The van der Waals surface area contributed by atoms with Gasteiger partial charge in [-0.25, -0.2) is 0 Å². The van der Waals surface area contributed by atoms with E-state index in [2.05, 4.69) is 336 Å². The number of anilines is 4. The van der Waals surface area contributed by atoms with Gasteiger partial charge in [-0.1, -0.05) is 251 Å². The van der Waals surface area contributed by atoms with E-state index in [4.69, 9.17) is 0 Å². The fourth-order valence-corrected chi connectivity index (χ4v) is 19.7. The van der Waals surface area contributed by atoms with Gasteiger partial charge in [0.05, 0.1) is 11.1 Å². The Bertz CT molecular complexity index is 4240. The highest BCUT2D eigenvalue weighted by Gasteiger charge is 2.69. The molecule has 4 aliphatic rings. The minimum absolute atomic E-state index is 0.0100. The SMILES string of the molecule is CC1(C)CC(C)(C)C2(C)c3cc(-c4ccc5c(-c6ccc(-c7ccccc7)cc6)c6cc(-c7ccc8c(c7)C7(C)C(C)(C)CC(C)(C)CC7(C)N8c7ccccc7)ccc6c(-c6ccc(-c7ccccc7)cc6)c5c4)ccc3N(c3ccccc3)C2(C)C1. The third kappa shape index (κ3) is 8.19. The smallest absolute Gasteiger partial charge is 0.0528 e. The molecule has 11 aromatic rings. The Kier molecular flexibility index (Phi) is 12.4.